The summed E-state index contributed by atoms with van der Waals surface area (Å²) in [5.74, 6) is -0.454. The lowest BCUT2D eigenvalue weighted by Gasteiger charge is -2.25. The minimum absolute atomic E-state index is 0.0349. The zero-order chi connectivity index (χ0) is 22.5. The molecule has 1 aliphatic heterocycles. The van der Waals surface area contributed by atoms with Crippen LogP contribution in [0.3, 0.4) is 0 Å². The Hall–Kier alpha value is -2.84. The van der Waals surface area contributed by atoms with E-state index in [9.17, 15) is 14.7 Å². The Balaban J connectivity index is 2.14. The molecule has 1 N–H and O–H groups in total. The topological polar surface area (TPSA) is 85.3 Å². The molecule has 1 atom stereocenters. The first-order valence-corrected chi connectivity index (χ1v) is 10.5. The number of likely N-dealkylation sites (tertiary alicyclic amines) is 1. The molecule has 0 saturated carbocycles. The molecular weight excluding hydrogens is 466 g/mol. The van der Waals surface area contributed by atoms with E-state index < -0.39 is 17.7 Å². The summed E-state index contributed by atoms with van der Waals surface area (Å²) in [6.45, 7) is 0.753. The van der Waals surface area contributed by atoms with Gasteiger partial charge < -0.3 is 24.2 Å². The monoisotopic (exact) mass is 489 g/mol. The van der Waals surface area contributed by atoms with E-state index in [2.05, 4.69) is 15.9 Å². The molecule has 0 aromatic heterocycles. The summed E-state index contributed by atoms with van der Waals surface area (Å²) in [5, 5.41) is 11.1. The van der Waals surface area contributed by atoms with Crippen molar-refractivity contribution in [2.24, 2.45) is 0 Å². The fourth-order valence-electron chi connectivity index (χ4n) is 3.62. The minimum Gasteiger partial charge on any atom is -0.507 e. The number of halogens is 1. The third-order valence-corrected chi connectivity index (χ3v) is 5.74. The van der Waals surface area contributed by atoms with Gasteiger partial charge in [-0.3, -0.25) is 9.59 Å². The summed E-state index contributed by atoms with van der Waals surface area (Å²) < 4.78 is 16.3. The molecule has 1 heterocycles. The Morgan fingerprint density at radius 3 is 2.52 bits per heavy atom. The molecule has 1 saturated heterocycles. The average Bonchev–Trinajstić information content (AvgIpc) is 3.03. The summed E-state index contributed by atoms with van der Waals surface area (Å²) in [4.78, 5) is 27.4. The van der Waals surface area contributed by atoms with Crippen molar-refractivity contribution < 1.29 is 28.9 Å². The number of ketones is 1. The van der Waals surface area contributed by atoms with Crippen LogP contribution in [0.15, 0.2) is 52.5 Å². The maximum absolute atomic E-state index is 13.0. The van der Waals surface area contributed by atoms with E-state index in [1.807, 2.05) is 0 Å². The Morgan fingerprint density at radius 1 is 1.10 bits per heavy atom. The normalized spacial score (nSPS) is 17.8. The van der Waals surface area contributed by atoms with Gasteiger partial charge in [-0.25, -0.2) is 0 Å². The predicted molar refractivity (Wildman–Crippen MR) is 119 cm³/mol. The van der Waals surface area contributed by atoms with Gasteiger partial charge in [0, 0.05) is 25.8 Å². The molecular formula is C23H24BrNO6. The summed E-state index contributed by atoms with van der Waals surface area (Å²) in [6.07, 6.45) is 0.554. The fraction of sp³-hybridized carbons (Fsp3) is 0.304. The highest BCUT2D eigenvalue weighted by Gasteiger charge is 2.45. The quantitative estimate of drug-likeness (QED) is 0.261. The Bertz CT molecular complexity index is 1020. The van der Waals surface area contributed by atoms with Gasteiger partial charge in [-0.1, -0.05) is 12.1 Å². The molecule has 0 radical (unpaired) electrons. The van der Waals surface area contributed by atoms with Crippen LogP contribution in [-0.4, -0.2) is 56.2 Å². The SMILES string of the molecule is COCCCN1C(=O)C(=O)/C(=C(\O)c2ccc(OC)c(Br)c2)C1c1cccc(OC)c1. The number of benzene rings is 2. The molecule has 0 spiro atoms. The number of nitrogens with zero attached hydrogens (tertiary/aromatic N) is 1. The van der Waals surface area contributed by atoms with Gasteiger partial charge in [-0.05, 0) is 58.2 Å². The van der Waals surface area contributed by atoms with Crippen LogP contribution in [0, 0.1) is 0 Å². The number of carbonyl (C=O) groups excluding carboxylic acids is 2. The van der Waals surface area contributed by atoms with Crippen LogP contribution in [0.1, 0.15) is 23.6 Å². The minimum atomic E-state index is -0.743. The second kappa shape index (κ2) is 9.98. The van der Waals surface area contributed by atoms with Gasteiger partial charge >= 0.3 is 0 Å². The van der Waals surface area contributed by atoms with Crippen LogP contribution < -0.4 is 9.47 Å². The van der Waals surface area contributed by atoms with Crippen molar-refractivity contribution in [3.63, 3.8) is 0 Å². The average molecular weight is 490 g/mol. The van der Waals surface area contributed by atoms with Crippen molar-refractivity contribution in [3.8, 4) is 11.5 Å². The van der Waals surface area contributed by atoms with E-state index in [1.54, 1.807) is 56.7 Å². The van der Waals surface area contributed by atoms with Crippen molar-refractivity contribution in [2.75, 3.05) is 34.5 Å². The van der Waals surface area contributed by atoms with Gasteiger partial charge in [0.05, 0.1) is 30.3 Å². The Morgan fingerprint density at radius 2 is 1.87 bits per heavy atom. The van der Waals surface area contributed by atoms with Gasteiger partial charge in [-0.15, -0.1) is 0 Å². The van der Waals surface area contributed by atoms with Crippen molar-refractivity contribution in [2.45, 2.75) is 12.5 Å². The number of rotatable bonds is 8. The standard InChI is InChI=1S/C23H24BrNO6/c1-29-11-5-10-25-20(14-6-4-7-16(12-14)30-2)19(22(27)23(25)28)21(26)15-8-9-18(31-3)17(24)13-15/h4,6-9,12-13,20,26H,5,10-11H2,1-3H3/b21-19-. The molecule has 164 valence electrons. The third kappa shape index (κ3) is 4.60. The summed E-state index contributed by atoms with van der Waals surface area (Å²) >= 11 is 3.39. The fourth-order valence-corrected chi connectivity index (χ4v) is 4.16. The smallest absolute Gasteiger partial charge is 0.295 e. The number of carbonyl (C=O) groups is 2. The van der Waals surface area contributed by atoms with Crippen LogP contribution in [-0.2, 0) is 14.3 Å². The van der Waals surface area contributed by atoms with Gasteiger partial charge in [0.25, 0.3) is 11.7 Å². The van der Waals surface area contributed by atoms with Crippen LogP contribution >= 0.6 is 15.9 Å². The highest BCUT2D eigenvalue weighted by atomic mass is 79.9. The molecule has 31 heavy (non-hydrogen) atoms. The molecule has 1 fully saturated rings. The number of ether oxygens (including phenoxy) is 3. The molecule has 0 aliphatic carbocycles. The first-order valence-electron chi connectivity index (χ1n) is 9.68. The lowest BCUT2D eigenvalue weighted by atomic mass is 9.95. The van der Waals surface area contributed by atoms with Gasteiger partial charge in [-0.2, -0.15) is 0 Å². The summed E-state index contributed by atoms with van der Waals surface area (Å²) in [6, 6.07) is 11.3. The molecule has 3 rings (SSSR count). The van der Waals surface area contributed by atoms with Gasteiger partial charge in [0.15, 0.2) is 0 Å². The van der Waals surface area contributed by atoms with Gasteiger partial charge in [0.2, 0.25) is 0 Å². The van der Waals surface area contributed by atoms with Crippen LogP contribution in [0.5, 0.6) is 11.5 Å². The first kappa shape index (κ1) is 22.8. The van der Waals surface area contributed by atoms with Crippen molar-refractivity contribution in [1.82, 2.24) is 4.90 Å². The Kier molecular flexibility index (Phi) is 7.35. The maximum Gasteiger partial charge on any atom is 0.295 e. The van der Waals surface area contributed by atoms with Crippen LogP contribution in [0.25, 0.3) is 5.76 Å². The molecule has 8 heteroatoms. The zero-order valence-electron chi connectivity index (χ0n) is 17.6. The van der Waals surface area contributed by atoms with E-state index >= 15 is 0 Å². The molecule has 1 aliphatic rings. The second-order valence-electron chi connectivity index (χ2n) is 6.96. The highest BCUT2D eigenvalue weighted by molar-refractivity contribution is 9.10. The number of aliphatic hydroxyl groups excluding tert-OH is 1. The second-order valence-corrected chi connectivity index (χ2v) is 7.82. The molecule has 1 unspecified atom stereocenters. The van der Waals surface area contributed by atoms with E-state index in [1.165, 1.54) is 12.0 Å². The lowest BCUT2D eigenvalue weighted by molar-refractivity contribution is -0.140. The number of hydrogen-bond donors (Lipinski definition) is 1. The van der Waals surface area contributed by atoms with Gasteiger partial charge in [0.1, 0.15) is 17.3 Å². The first-order chi connectivity index (χ1) is 14.9. The molecule has 1 amide bonds. The number of hydrogen-bond acceptors (Lipinski definition) is 6. The van der Waals surface area contributed by atoms with E-state index in [-0.39, 0.29) is 11.3 Å². The van der Waals surface area contributed by atoms with E-state index in [0.717, 1.165) is 0 Å². The van der Waals surface area contributed by atoms with Crippen molar-refractivity contribution >= 4 is 33.4 Å². The summed E-state index contributed by atoms with van der Waals surface area (Å²) in [7, 11) is 4.66. The number of methoxy groups -OCH3 is 3. The predicted octanol–water partition coefficient (Wildman–Crippen LogP) is 3.92. The molecule has 2 aromatic rings. The van der Waals surface area contributed by atoms with Crippen LogP contribution in [0.4, 0.5) is 0 Å². The zero-order valence-corrected chi connectivity index (χ0v) is 19.1. The molecule has 0 bridgehead atoms. The van der Waals surface area contributed by atoms with E-state index in [0.29, 0.717) is 46.7 Å². The van der Waals surface area contributed by atoms with E-state index in [4.69, 9.17) is 14.2 Å². The number of amides is 1. The molecule has 7 nitrogen and oxygen atoms in total. The lowest BCUT2D eigenvalue weighted by Crippen LogP contribution is -2.31. The highest BCUT2D eigenvalue weighted by Crippen LogP contribution is 2.41. The third-order valence-electron chi connectivity index (χ3n) is 5.12. The number of aliphatic hydroxyl groups is 1. The molecule has 2 aromatic carbocycles. The number of Topliss-reactive ketones (excluding diaryl/α,β-unsaturated/α-hetero) is 1. The van der Waals surface area contributed by atoms with Crippen LogP contribution in [0.2, 0.25) is 0 Å². The van der Waals surface area contributed by atoms with Crippen molar-refractivity contribution in [3.05, 3.63) is 63.6 Å². The maximum atomic E-state index is 13.0. The Labute approximate surface area is 189 Å². The largest absolute Gasteiger partial charge is 0.507 e. The van der Waals surface area contributed by atoms with Crippen molar-refractivity contribution in [1.29, 1.82) is 0 Å². The summed E-state index contributed by atoms with van der Waals surface area (Å²) in [5.41, 5.74) is 1.10.